The van der Waals surface area contributed by atoms with Crippen LogP contribution in [0.1, 0.15) is 13.8 Å². The number of esters is 1. The number of carbonyl (C=O) groups is 1. The molecule has 3 nitrogen and oxygen atoms in total. The summed E-state index contributed by atoms with van der Waals surface area (Å²) in [6.07, 6.45) is 2.22. The van der Waals surface area contributed by atoms with Gasteiger partial charge in [0.25, 0.3) is 5.85 Å². The molecule has 1 aliphatic rings. The molecule has 0 aliphatic carbocycles. The van der Waals surface area contributed by atoms with Gasteiger partial charge in [-0.1, -0.05) is 13.8 Å². The van der Waals surface area contributed by atoms with Crippen molar-refractivity contribution in [2.75, 3.05) is 6.61 Å². The van der Waals surface area contributed by atoms with Gasteiger partial charge in [-0.15, -0.1) is 0 Å². The summed E-state index contributed by atoms with van der Waals surface area (Å²) in [6, 6.07) is 0.959. The number of rotatable bonds is 5. The number of hydrogen-bond acceptors (Lipinski definition) is 3. The summed E-state index contributed by atoms with van der Waals surface area (Å²) in [5.74, 6) is -2.17. The first-order valence-corrected chi connectivity index (χ1v) is 8.59. The highest BCUT2D eigenvalue weighted by molar-refractivity contribution is 6.71. The Morgan fingerprint density at radius 1 is 1.56 bits per heavy atom. The van der Waals surface area contributed by atoms with Crippen LogP contribution >= 0.6 is 0 Å². The lowest BCUT2D eigenvalue weighted by Crippen LogP contribution is -2.39. The van der Waals surface area contributed by atoms with Crippen LogP contribution in [-0.2, 0) is 14.0 Å². The van der Waals surface area contributed by atoms with Crippen LogP contribution in [0.15, 0.2) is 12.2 Å². The average molecular weight is 246 g/mol. The highest BCUT2D eigenvalue weighted by atomic mass is 28.4. The molecule has 0 saturated carbocycles. The molecule has 5 heteroatoms. The van der Waals surface area contributed by atoms with Crippen LogP contribution in [0.2, 0.25) is 19.1 Å². The largest absolute Gasteiger partial charge is 0.419 e. The van der Waals surface area contributed by atoms with Crippen LogP contribution in [-0.4, -0.2) is 26.7 Å². The van der Waals surface area contributed by atoms with E-state index in [9.17, 15) is 9.18 Å². The van der Waals surface area contributed by atoms with E-state index in [1.54, 1.807) is 0 Å². The Hall–Kier alpha value is -0.683. The molecule has 0 bridgehead atoms. The summed E-state index contributed by atoms with van der Waals surface area (Å²) in [7, 11) is -1.87. The van der Waals surface area contributed by atoms with E-state index in [0.29, 0.717) is 5.92 Å². The van der Waals surface area contributed by atoms with Gasteiger partial charge in [0.05, 0.1) is 0 Å². The minimum Gasteiger partial charge on any atom is -0.419 e. The van der Waals surface area contributed by atoms with Gasteiger partial charge in [0.15, 0.2) is 8.32 Å². The van der Waals surface area contributed by atoms with Gasteiger partial charge in [-0.2, -0.15) is 4.39 Å². The highest BCUT2D eigenvalue weighted by Gasteiger charge is 2.38. The molecule has 0 fully saturated rings. The quantitative estimate of drug-likeness (QED) is 0.552. The van der Waals surface area contributed by atoms with Gasteiger partial charge in [0.2, 0.25) is 0 Å². The third-order valence-electron chi connectivity index (χ3n) is 2.30. The summed E-state index contributed by atoms with van der Waals surface area (Å²) < 4.78 is 23.9. The van der Waals surface area contributed by atoms with Crippen molar-refractivity contribution in [2.45, 2.75) is 38.8 Å². The number of cyclic esters (lactones) is 1. The van der Waals surface area contributed by atoms with E-state index >= 15 is 0 Å². The molecule has 0 N–H and O–H groups in total. The van der Waals surface area contributed by atoms with Crippen molar-refractivity contribution < 1.29 is 18.3 Å². The molecule has 0 aromatic carbocycles. The van der Waals surface area contributed by atoms with Gasteiger partial charge in [0.1, 0.15) is 6.61 Å². The summed E-state index contributed by atoms with van der Waals surface area (Å²) in [5, 5.41) is 0. The summed E-state index contributed by atoms with van der Waals surface area (Å²) in [6.45, 7) is 8.10. The van der Waals surface area contributed by atoms with E-state index in [-0.39, 0.29) is 6.61 Å². The van der Waals surface area contributed by atoms with Crippen LogP contribution in [0.25, 0.3) is 0 Å². The first-order chi connectivity index (χ1) is 7.22. The van der Waals surface area contributed by atoms with Crippen LogP contribution < -0.4 is 0 Å². The lowest BCUT2D eigenvalue weighted by molar-refractivity contribution is -0.165. The first kappa shape index (κ1) is 13.4. The predicted molar refractivity (Wildman–Crippen MR) is 62.2 cm³/mol. The van der Waals surface area contributed by atoms with E-state index in [0.717, 1.165) is 18.2 Å². The average Bonchev–Trinajstić information content (AvgIpc) is 2.42. The molecular formula is C11H19FO3Si. The molecular weight excluding hydrogens is 227 g/mol. The number of carbonyl (C=O) groups excluding carboxylic acids is 1. The Balaban J connectivity index is 2.45. The fraction of sp³-hybridized carbons (Fsp3) is 0.727. The molecule has 0 aromatic rings. The molecule has 0 spiro atoms. The van der Waals surface area contributed by atoms with E-state index in [4.69, 9.17) is 4.43 Å². The van der Waals surface area contributed by atoms with Crippen molar-refractivity contribution in [1.82, 2.24) is 0 Å². The Morgan fingerprint density at radius 3 is 2.62 bits per heavy atom. The van der Waals surface area contributed by atoms with Crippen molar-refractivity contribution in [3.05, 3.63) is 12.2 Å². The monoisotopic (exact) mass is 246 g/mol. The number of alkyl halides is 1. The molecule has 1 unspecified atom stereocenters. The van der Waals surface area contributed by atoms with Crippen molar-refractivity contribution in [1.29, 1.82) is 0 Å². The maximum atomic E-state index is 13.8. The Kier molecular flexibility index (Phi) is 3.91. The second-order valence-corrected chi connectivity index (χ2v) is 9.40. The smallest absolute Gasteiger partial charge is 0.333 e. The molecule has 1 atom stereocenters. The Bertz CT molecular complexity index is 302. The van der Waals surface area contributed by atoms with E-state index in [1.807, 2.05) is 13.1 Å². The second-order valence-electron chi connectivity index (χ2n) is 5.19. The predicted octanol–water partition coefficient (Wildman–Crippen LogP) is 2.64. The lowest BCUT2D eigenvalue weighted by atomic mass is 10.3. The fourth-order valence-corrected chi connectivity index (χ4v) is 4.51. The molecule has 92 valence electrons. The van der Waals surface area contributed by atoms with Crippen LogP contribution in [0, 0.1) is 5.92 Å². The van der Waals surface area contributed by atoms with Crippen LogP contribution in [0.4, 0.5) is 4.39 Å². The number of halogens is 1. The molecule has 1 rings (SSSR count). The van der Waals surface area contributed by atoms with E-state index in [1.165, 1.54) is 0 Å². The summed E-state index contributed by atoms with van der Waals surface area (Å²) >= 11 is 0. The number of ether oxygens (including phenoxy) is 1. The van der Waals surface area contributed by atoms with Gasteiger partial charge in [-0.3, -0.25) is 0 Å². The minimum atomic E-state index is -2.06. The maximum Gasteiger partial charge on any atom is 0.333 e. The molecule has 1 aliphatic heterocycles. The van der Waals surface area contributed by atoms with Gasteiger partial charge in [-0.25, -0.2) is 4.79 Å². The zero-order chi connectivity index (χ0) is 12.4. The maximum absolute atomic E-state index is 13.8. The van der Waals surface area contributed by atoms with Crippen LogP contribution in [0.5, 0.6) is 0 Å². The summed E-state index contributed by atoms with van der Waals surface area (Å²) in [4.78, 5) is 10.8. The molecule has 16 heavy (non-hydrogen) atoms. The second kappa shape index (κ2) is 4.67. The van der Waals surface area contributed by atoms with Gasteiger partial charge in [0, 0.05) is 12.2 Å². The van der Waals surface area contributed by atoms with E-state index < -0.39 is 20.1 Å². The van der Waals surface area contributed by atoms with E-state index in [2.05, 4.69) is 18.6 Å². The molecule has 0 aromatic heterocycles. The highest BCUT2D eigenvalue weighted by Crippen LogP contribution is 2.25. The SMILES string of the molecule is CC(C)C[Si](C)(C)OCC1(F)C=CC(=O)O1. The summed E-state index contributed by atoms with van der Waals surface area (Å²) in [5.41, 5.74) is 0. The third-order valence-corrected chi connectivity index (χ3v) is 5.02. The van der Waals surface area contributed by atoms with Gasteiger partial charge in [-0.05, 0) is 25.1 Å². The minimum absolute atomic E-state index is 0.193. The van der Waals surface area contributed by atoms with Crippen LogP contribution in [0.3, 0.4) is 0 Å². The normalized spacial score (nSPS) is 25.2. The van der Waals surface area contributed by atoms with Crippen molar-refractivity contribution in [3.63, 3.8) is 0 Å². The Morgan fingerprint density at radius 2 is 2.19 bits per heavy atom. The standard InChI is InChI=1S/C11H19FO3Si/c1-9(2)7-16(3,4)14-8-11(12)6-5-10(13)15-11/h5-6,9H,7-8H2,1-4H3. The zero-order valence-corrected chi connectivity index (χ0v) is 11.2. The lowest BCUT2D eigenvalue weighted by Gasteiger charge is -2.27. The Labute approximate surface area is 96.8 Å². The number of hydrogen-bond donors (Lipinski definition) is 0. The van der Waals surface area contributed by atoms with Gasteiger partial charge < -0.3 is 9.16 Å². The third kappa shape index (κ3) is 4.06. The van der Waals surface area contributed by atoms with Crippen molar-refractivity contribution >= 4 is 14.3 Å². The molecule has 0 amide bonds. The first-order valence-electron chi connectivity index (χ1n) is 5.47. The molecule has 0 radical (unpaired) electrons. The molecule has 1 heterocycles. The zero-order valence-electron chi connectivity index (χ0n) is 10.2. The topological polar surface area (TPSA) is 35.5 Å². The van der Waals surface area contributed by atoms with Crippen molar-refractivity contribution in [3.8, 4) is 0 Å². The fourth-order valence-electron chi connectivity index (χ4n) is 1.84. The van der Waals surface area contributed by atoms with Gasteiger partial charge >= 0.3 is 5.97 Å². The van der Waals surface area contributed by atoms with Crippen molar-refractivity contribution in [2.24, 2.45) is 5.92 Å². The molecule has 0 saturated heterocycles.